The first-order valence-corrected chi connectivity index (χ1v) is 5.13. The van der Waals surface area contributed by atoms with E-state index >= 15 is 0 Å². The van der Waals surface area contributed by atoms with Gasteiger partial charge in [-0.05, 0) is 26.8 Å². The lowest BCUT2D eigenvalue weighted by Crippen LogP contribution is -2.29. The minimum atomic E-state index is -0.291. The number of hydrogen-bond acceptors (Lipinski definition) is 4. The number of carbonyl (C=O) groups is 1. The Kier molecular flexibility index (Phi) is 7.42. The molecular formula is C10H21NO3. The van der Waals surface area contributed by atoms with E-state index in [0.717, 1.165) is 6.54 Å². The van der Waals surface area contributed by atoms with Crippen LogP contribution in [0.25, 0.3) is 0 Å². The molecule has 0 saturated carbocycles. The summed E-state index contributed by atoms with van der Waals surface area (Å²) >= 11 is 0. The fourth-order valence-electron chi connectivity index (χ4n) is 0.997. The van der Waals surface area contributed by atoms with Gasteiger partial charge in [0.15, 0.2) is 0 Å². The van der Waals surface area contributed by atoms with Gasteiger partial charge in [-0.25, -0.2) is 0 Å². The fraction of sp³-hybridized carbons (Fsp3) is 0.900. The highest BCUT2D eigenvalue weighted by Gasteiger charge is 2.12. The zero-order valence-electron chi connectivity index (χ0n) is 9.25. The van der Waals surface area contributed by atoms with Crippen molar-refractivity contribution < 1.29 is 14.6 Å². The van der Waals surface area contributed by atoms with Crippen LogP contribution in [0.4, 0.5) is 0 Å². The molecular weight excluding hydrogens is 182 g/mol. The summed E-state index contributed by atoms with van der Waals surface area (Å²) < 4.78 is 4.85. The topological polar surface area (TPSA) is 58.6 Å². The first-order chi connectivity index (χ1) is 6.57. The molecule has 4 heteroatoms. The van der Waals surface area contributed by atoms with E-state index in [9.17, 15) is 4.79 Å². The van der Waals surface area contributed by atoms with Crippen molar-refractivity contribution in [2.24, 2.45) is 5.92 Å². The highest BCUT2D eigenvalue weighted by Crippen LogP contribution is 1.96. The Bertz CT molecular complexity index is 159. The zero-order valence-corrected chi connectivity index (χ0v) is 9.25. The van der Waals surface area contributed by atoms with E-state index in [0.29, 0.717) is 19.6 Å². The van der Waals surface area contributed by atoms with E-state index in [4.69, 9.17) is 9.84 Å². The molecule has 0 aliphatic heterocycles. The molecule has 0 amide bonds. The monoisotopic (exact) mass is 203 g/mol. The molecule has 0 fully saturated rings. The van der Waals surface area contributed by atoms with Gasteiger partial charge in [0.1, 0.15) is 0 Å². The third-order valence-electron chi connectivity index (χ3n) is 1.88. The molecule has 0 bridgehead atoms. The average molecular weight is 203 g/mol. The summed E-state index contributed by atoms with van der Waals surface area (Å²) in [7, 11) is 0. The lowest BCUT2D eigenvalue weighted by atomic mass is 10.2. The van der Waals surface area contributed by atoms with Gasteiger partial charge < -0.3 is 15.2 Å². The predicted octanol–water partition coefficient (Wildman–Crippen LogP) is 0.546. The zero-order chi connectivity index (χ0) is 11.0. The number of ether oxygens (including phenoxy) is 1. The van der Waals surface area contributed by atoms with Crippen LogP contribution in [0.15, 0.2) is 0 Å². The number of nitrogens with one attached hydrogen (secondary N) is 1. The lowest BCUT2D eigenvalue weighted by Gasteiger charge is -2.11. The molecule has 2 unspecified atom stereocenters. The minimum Gasteiger partial charge on any atom is -0.466 e. The van der Waals surface area contributed by atoms with Crippen molar-refractivity contribution in [3.63, 3.8) is 0 Å². The molecule has 0 aromatic rings. The van der Waals surface area contributed by atoms with Crippen LogP contribution >= 0.6 is 0 Å². The fourth-order valence-corrected chi connectivity index (χ4v) is 0.997. The second kappa shape index (κ2) is 7.76. The van der Waals surface area contributed by atoms with Crippen LogP contribution in [0, 0.1) is 5.92 Å². The molecule has 84 valence electrons. The molecule has 0 spiro atoms. The molecule has 2 atom stereocenters. The first kappa shape index (κ1) is 13.4. The molecule has 4 nitrogen and oxygen atoms in total. The SMILES string of the molecule is CCOC(=O)C(C)CNCCC(C)O. The largest absolute Gasteiger partial charge is 0.466 e. The maximum absolute atomic E-state index is 11.2. The highest BCUT2D eigenvalue weighted by molar-refractivity contribution is 5.72. The van der Waals surface area contributed by atoms with Crippen molar-refractivity contribution >= 4 is 5.97 Å². The highest BCUT2D eigenvalue weighted by atomic mass is 16.5. The number of hydrogen-bond donors (Lipinski definition) is 2. The van der Waals surface area contributed by atoms with Crippen molar-refractivity contribution in [2.45, 2.75) is 33.3 Å². The first-order valence-electron chi connectivity index (χ1n) is 5.13. The van der Waals surface area contributed by atoms with Crippen LogP contribution in [0.1, 0.15) is 27.2 Å². The molecule has 0 aromatic carbocycles. The Balaban J connectivity index is 3.43. The van der Waals surface area contributed by atoms with E-state index in [2.05, 4.69) is 5.32 Å². The van der Waals surface area contributed by atoms with Gasteiger partial charge in [0.05, 0.1) is 18.6 Å². The van der Waals surface area contributed by atoms with Crippen molar-refractivity contribution in [1.82, 2.24) is 5.32 Å². The number of rotatable bonds is 7. The van der Waals surface area contributed by atoms with Crippen LogP contribution in [-0.2, 0) is 9.53 Å². The lowest BCUT2D eigenvalue weighted by molar-refractivity contribution is -0.147. The molecule has 2 N–H and O–H groups in total. The maximum atomic E-state index is 11.2. The molecule has 0 radical (unpaired) electrons. The average Bonchev–Trinajstić information content (AvgIpc) is 2.12. The normalized spacial score (nSPS) is 14.9. The number of esters is 1. The summed E-state index contributed by atoms with van der Waals surface area (Å²) in [6.45, 7) is 7.12. The van der Waals surface area contributed by atoms with Crippen molar-refractivity contribution in [3.8, 4) is 0 Å². The van der Waals surface area contributed by atoms with Gasteiger partial charge in [0, 0.05) is 6.54 Å². The smallest absolute Gasteiger partial charge is 0.309 e. The standard InChI is InChI=1S/C10H21NO3/c1-4-14-10(13)8(2)7-11-6-5-9(3)12/h8-9,11-12H,4-7H2,1-3H3. The predicted molar refractivity (Wildman–Crippen MR) is 55.0 cm³/mol. The third-order valence-corrected chi connectivity index (χ3v) is 1.88. The Morgan fingerprint density at radius 1 is 1.50 bits per heavy atom. The van der Waals surface area contributed by atoms with Crippen molar-refractivity contribution in [3.05, 3.63) is 0 Å². The second-order valence-electron chi connectivity index (χ2n) is 3.49. The number of aliphatic hydroxyl groups is 1. The summed E-state index contributed by atoms with van der Waals surface area (Å²) in [6.07, 6.45) is 0.413. The molecule has 0 saturated heterocycles. The van der Waals surface area contributed by atoms with Gasteiger partial charge in [0.25, 0.3) is 0 Å². The summed E-state index contributed by atoms with van der Waals surface area (Å²) in [5.74, 6) is -0.291. The quantitative estimate of drug-likeness (QED) is 0.468. The molecule has 14 heavy (non-hydrogen) atoms. The van der Waals surface area contributed by atoms with E-state index in [1.54, 1.807) is 13.8 Å². The van der Waals surface area contributed by atoms with Crippen LogP contribution < -0.4 is 5.32 Å². The van der Waals surface area contributed by atoms with Gasteiger partial charge in [-0.3, -0.25) is 4.79 Å². The van der Waals surface area contributed by atoms with Gasteiger partial charge in [-0.2, -0.15) is 0 Å². The molecule has 0 heterocycles. The van der Waals surface area contributed by atoms with Gasteiger partial charge in [0.2, 0.25) is 0 Å². The summed E-state index contributed by atoms with van der Waals surface area (Å²) in [5, 5.41) is 12.1. The number of aliphatic hydroxyl groups excluding tert-OH is 1. The van der Waals surface area contributed by atoms with Gasteiger partial charge >= 0.3 is 5.97 Å². The summed E-state index contributed by atoms with van der Waals surface area (Å²) in [5.41, 5.74) is 0. The molecule has 0 aromatic heterocycles. The van der Waals surface area contributed by atoms with Crippen LogP contribution in [-0.4, -0.2) is 36.9 Å². The molecule has 0 aliphatic carbocycles. The van der Waals surface area contributed by atoms with Crippen LogP contribution in [0.3, 0.4) is 0 Å². The molecule has 0 rings (SSSR count). The van der Waals surface area contributed by atoms with Gasteiger partial charge in [-0.15, -0.1) is 0 Å². The Morgan fingerprint density at radius 3 is 2.64 bits per heavy atom. The molecule has 0 aliphatic rings. The van der Waals surface area contributed by atoms with Crippen molar-refractivity contribution in [2.75, 3.05) is 19.7 Å². The van der Waals surface area contributed by atoms with Crippen molar-refractivity contribution in [1.29, 1.82) is 0 Å². The second-order valence-corrected chi connectivity index (χ2v) is 3.49. The Morgan fingerprint density at radius 2 is 2.14 bits per heavy atom. The summed E-state index contributed by atoms with van der Waals surface area (Å²) in [4.78, 5) is 11.2. The number of carbonyl (C=O) groups excluding carboxylic acids is 1. The van der Waals surface area contributed by atoms with E-state index < -0.39 is 0 Å². The van der Waals surface area contributed by atoms with Crippen LogP contribution in [0.5, 0.6) is 0 Å². The van der Waals surface area contributed by atoms with E-state index in [1.807, 2.05) is 6.92 Å². The van der Waals surface area contributed by atoms with E-state index in [1.165, 1.54) is 0 Å². The minimum absolute atomic E-state index is 0.121. The van der Waals surface area contributed by atoms with Crippen LogP contribution in [0.2, 0.25) is 0 Å². The maximum Gasteiger partial charge on any atom is 0.309 e. The third kappa shape index (κ3) is 6.86. The summed E-state index contributed by atoms with van der Waals surface area (Å²) in [6, 6.07) is 0. The Labute approximate surface area is 85.6 Å². The van der Waals surface area contributed by atoms with Gasteiger partial charge in [-0.1, -0.05) is 6.92 Å². The Hall–Kier alpha value is -0.610. The van der Waals surface area contributed by atoms with E-state index in [-0.39, 0.29) is 18.0 Å².